The molecule has 2 heterocycles. The number of hydrogen-bond acceptors (Lipinski definition) is 5. The van der Waals surface area contributed by atoms with E-state index < -0.39 is 0 Å². The average Bonchev–Trinajstić information content (AvgIpc) is 3.36. The number of furan rings is 1. The lowest BCUT2D eigenvalue weighted by Crippen LogP contribution is -2.33. The van der Waals surface area contributed by atoms with E-state index in [9.17, 15) is 4.79 Å². The average molecular weight is 399 g/mol. The van der Waals surface area contributed by atoms with E-state index in [0.29, 0.717) is 22.5 Å². The van der Waals surface area contributed by atoms with Crippen LogP contribution in [-0.4, -0.2) is 44.4 Å². The van der Waals surface area contributed by atoms with E-state index in [1.54, 1.807) is 6.26 Å². The van der Waals surface area contributed by atoms with Gasteiger partial charge in [0.2, 0.25) is 11.7 Å². The Labute approximate surface area is 169 Å². The smallest absolute Gasteiger partial charge is 0.233 e. The van der Waals surface area contributed by atoms with Gasteiger partial charge in [-0.25, -0.2) is 0 Å². The SMILES string of the molecule is CCCN(CCC)C(=O)CSc1nnc(-c2ccco2)n1-c1ccc(C)cc1. The van der Waals surface area contributed by atoms with Crippen LogP contribution in [-0.2, 0) is 4.79 Å². The predicted octanol–water partition coefficient (Wildman–Crippen LogP) is 4.58. The van der Waals surface area contributed by atoms with Gasteiger partial charge >= 0.3 is 0 Å². The first-order chi connectivity index (χ1) is 13.6. The molecule has 2 aromatic heterocycles. The summed E-state index contributed by atoms with van der Waals surface area (Å²) >= 11 is 1.41. The molecule has 28 heavy (non-hydrogen) atoms. The van der Waals surface area contributed by atoms with Crippen LogP contribution in [0.25, 0.3) is 17.3 Å². The monoisotopic (exact) mass is 398 g/mol. The second kappa shape index (κ2) is 9.59. The van der Waals surface area contributed by atoms with Crippen LogP contribution in [0.15, 0.2) is 52.2 Å². The Balaban J connectivity index is 1.87. The largest absolute Gasteiger partial charge is 0.461 e. The van der Waals surface area contributed by atoms with Gasteiger partial charge in [-0.1, -0.05) is 43.3 Å². The van der Waals surface area contributed by atoms with Gasteiger partial charge in [-0.05, 0) is 44.0 Å². The van der Waals surface area contributed by atoms with Crippen molar-refractivity contribution in [1.29, 1.82) is 0 Å². The normalized spacial score (nSPS) is 11.0. The summed E-state index contributed by atoms with van der Waals surface area (Å²) in [6.45, 7) is 7.80. The molecule has 0 atom stereocenters. The van der Waals surface area contributed by atoms with Gasteiger partial charge in [-0.3, -0.25) is 9.36 Å². The van der Waals surface area contributed by atoms with Gasteiger partial charge in [-0.15, -0.1) is 10.2 Å². The maximum Gasteiger partial charge on any atom is 0.233 e. The lowest BCUT2D eigenvalue weighted by atomic mass is 10.2. The molecule has 148 valence electrons. The van der Waals surface area contributed by atoms with Crippen molar-refractivity contribution in [2.24, 2.45) is 0 Å². The van der Waals surface area contributed by atoms with Gasteiger partial charge in [0.15, 0.2) is 10.9 Å². The predicted molar refractivity (Wildman–Crippen MR) is 112 cm³/mol. The maximum atomic E-state index is 12.7. The van der Waals surface area contributed by atoms with Crippen LogP contribution in [0, 0.1) is 6.92 Å². The summed E-state index contributed by atoms with van der Waals surface area (Å²) in [5.41, 5.74) is 2.12. The number of carbonyl (C=O) groups excluding carboxylic acids is 1. The molecule has 3 rings (SSSR count). The fourth-order valence-corrected chi connectivity index (χ4v) is 3.83. The number of benzene rings is 1. The van der Waals surface area contributed by atoms with Crippen molar-refractivity contribution in [3.05, 3.63) is 48.2 Å². The summed E-state index contributed by atoms with van der Waals surface area (Å²) in [6.07, 6.45) is 3.53. The molecule has 3 aromatic rings. The number of carbonyl (C=O) groups is 1. The highest BCUT2D eigenvalue weighted by Crippen LogP contribution is 2.28. The first-order valence-electron chi connectivity index (χ1n) is 9.61. The van der Waals surface area contributed by atoms with Crippen LogP contribution in [0.2, 0.25) is 0 Å². The molecule has 0 aliphatic carbocycles. The fraction of sp³-hybridized carbons (Fsp3) is 0.381. The van der Waals surface area contributed by atoms with E-state index in [-0.39, 0.29) is 5.91 Å². The van der Waals surface area contributed by atoms with Crippen molar-refractivity contribution < 1.29 is 9.21 Å². The minimum absolute atomic E-state index is 0.131. The third-order valence-electron chi connectivity index (χ3n) is 4.33. The lowest BCUT2D eigenvalue weighted by Gasteiger charge is -2.21. The Bertz CT molecular complexity index is 882. The zero-order chi connectivity index (χ0) is 19.9. The number of amides is 1. The number of aryl methyl sites for hydroxylation is 1. The maximum absolute atomic E-state index is 12.7. The molecule has 1 aromatic carbocycles. The summed E-state index contributed by atoms with van der Waals surface area (Å²) in [4.78, 5) is 14.6. The molecule has 1 amide bonds. The molecule has 0 aliphatic rings. The minimum atomic E-state index is 0.131. The van der Waals surface area contributed by atoms with Gasteiger partial charge in [0.1, 0.15) is 0 Å². The van der Waals surface area contributed by atoms with E-state index in [1.807, 2.05) is 52.8 Å². The van der Waals surface area contributed by atoms with Crippen LogP contribution in [0.1, 0.15) is 32.3 Å². The molecule has 0 aliphatic heterocycles. The van der Waals surface area contributed by atoms with E-state index in [2.05, 4.69) is 24.0 Å². The highest BCUT2D eigenvalue weighted by molar-refractivity contribution is 7.99. The van der Waals surface area contributed by atoms with Crippen LogP contribution in [0.4, 0.5) is 0 Å². The summed E-state index contributed by atoms with van der Waals surface area (Å²) in [6, 6.07) is 11.8. The van der Waals surface area contributed by atoms with Crippen molar-refractivity contribution in [3.8, 4) is 17.3 Å². The fourth-order valence-electron chi connectivity index (χ4n) is 2.97. The number of aromatic nitrogens is 3. The molecular weight excluding hydrogens is 372 g/mol. The molecule has 0 saturated heterocycles. The number of hydrogen-bond donors (Lipinski definition) is 0. The van der Waals surface area contributed by atoms with Crippen molar-refractivity contribution >= 4 is 17.7 Å². The van der Waals surface area contributed by atoms with Crippen molar-refractivity contribution in [2.75, 3.05) is 18.8 Å². The third-order valence-corrected chi connectivity index (χ3v) is 5.25. The summed E-state index contributed by atoms with van der Waals surface area (Å²) in [7, 11) is 0. The lowest BCUT2D eigenvalue weighted by molar-refractivity contribution is -0.128. The van der Waals surface area contributed by atoms with Crippen LogP contribution >= 0.6 is 11.8 Å². The van der Waals surface area contributed by atoms with Crippen molar-refractivity contribution in [1.82, 2.24) is 19.7 Å². The van der Waals surface area contributed by atoms with E-state index in [0.717, 1.165) is 31.6 Å². The van der Waals surface area contributed by atoms with Gasteiger partial charge < -0.3 is 9.32 Å². The Morgan fingerprint density at radius 1 is 1.11 bits per heavy atom. The number of thioether (sulfide) groups is 1. The molecule has 0 N–H and O–H groups in total. The first-order valence-corrected chi connectivity index (χ1v) is 10.6. The topological polar surface area (TPSA) is 64.2 Å². The van der Waals surface area contributed by atoms with Crippen molar-refractivity contribution in [3.63, 3.8) is 0 Å². The Morgan fingerprint density at radius 3 is 2.43 bits per heavy atom. The molecule has 0 radical (unpaired) electrons. The highest BCUT2D eigenvalue weighted by atomic mass is 32.2. The van der Waals surface area contributed by atoms with Crippen LogP contribution in [0.5, 0.6) is 0 Å². The zero-order valence-electron chi connectivity index (χ0n) is 16.6. The summed E-state index contributed by atoms with van der Waals surface area (Å²) in [5, 5.41) is 9.34. The first kappa shape index (κ1) is 20.2. The number of nitrogens with zero attached hydrogens (tertiary/aromatic N) is 4. The molecule has 7 heteroatoms. The molecule has 0 fully saturated rings. The highest BCUT2D eigenvalue weighted by Gasteiger charge is 2.20. The van der Waals surface area contributed by atoms with Crippen LogP contribution in [0.3, 0.4) is 0 Å². The van der Waals surface area contributed by atoms with E-state index >= 15 is 0 Å². The molecule has 6 nitrogen and oxygen atoms in total. The Kier molecular flexibility index (Phi) is 6.92. The van der Waals surface area contributed by atoms with E-state index in [4.69, 9.17) is 4.42 Å². The van der Waals surface area contributed by atoms with E-state index in [1.165, 1.54) is 17.3 Å². The molecule has 0 saturated carbocycles. The van der Waals surface area contributed by atoms with Gasteiger partial charge in [0.25, 0.3) is 0 Å². The number of rotatable bonds is 9. The minimum Gasteiger partial charge on any atom is -0.461 e. The molecular formula is C21H26N4O2S. The standard InChI is InChI=1S/C21H26N4O2S/c1-4-12-24(13-5-2)19(26)15-28-21-23-22-20(18-7-6-14-27-18)25(21)17-10-8-16(3)9-11-17/h6-11,14H,4-5,12-13,15H2,1-3H3. The van der Waals surface area contributed by atoms with Gasteiger partial charge in [0.05, 0.1) is 12.0 Å². The van der Waals surface area contributed by atoms with Gasteiger partial charge in [-0.2, -0.15) is 0 Å². The Hall–Kier alpha value is -2.54. The van der Waals surface area contributed by atoms with Crippen LogP contribution < -0.4 is 0 Å². The quantitative estimate of drug-likeness (QED) is 0.494. The second-order valence-corrected chi connectivity index (χ2v) is 7.57. The summed E-state index contributed by atoms with van der Waals surface area (Å²) < 4.78 is 7.48. The zero-order valence-corrected chi connectivity index (χ0v) is 17.4. The molecule has 0 bridgehead atoms. The second-order valence-electron chi connectivity index (χ2n) is 6.62. The summed E-state index contributed by atoms with van der Waals surface area (Å²) in [5.74, 6) is 1.74. The third kappa shape index (κ3) is 4.65. The van der Waals surface area contributed by atoms with Gasteiger partial charge in [0, 0.05) is 18.8 Å². The molecule has 0 unspecified atom stereocenters. The van der Waals surface area contributed by atoms with Crippen molar-refractivity contribution in [2.45, 2.75) is 38.8 Å². The Morgan fingerprint density at radius 2 is 1.82 bits per heavy atom. The molecule has 0 spiro atoms.